The number of sulfonamides is 1. The number of benzene rings is 2. The highest BCUT2D eigenvalue weighted by molar-refractivity contribution is 7.89. The molecule has 10 heteroatoms. The molecule has 2 N–H and O–H groups in total. The largest absolute Gasteiger partial charge is 0.486 e. The minimum Gasteiger partial charge on any atom is -0.486 e. The summed E-state index contributed by atoms with van der Waals surface area (Å²) < 4.78 is 43.9. The quantitative estimate of drug-likeness (QED) is 0.544. The molecule has 0 aromatic heterocycles. The monoisotopic (exact) mass is 462 g/mol. The molecule has 1 atom stereocenters. The number of nitrogens with one attached hydrogen (secondary N) is 2. The lowest BCUT2D eigenvalue weighted by molar-refractivity contribution is -0.151. The number of ether oxygens (including phenoxy) is 3. The van der Waals surface area contributed by atoms with Crippen molar-refractivity contribution in [2.45, 2.75) is 31.3 Å². The predicted molar refractivity (Wildman–Crippen MR) is 116 cm³/mol. The highest BCUT2D eigenvalue weighted by Gasteiger charge is 2.31. The number of rotatable bonds is 9. The normalized spacial score (nSPS) is 14.0. The molecule has 0 saturated heterocycles. The van der Waals surface area contributed by atoms with Crippen molar-refractivity contribution >= 4 is 21.9 Å². The highest BCUT2D eigenvalue weighted by atomic mass is 32.2. The molecule has 0 unspecified atom stereocenters. The van der Waals surface area contributed by atoms with Crippen molar-refractivity contribution in [3.63, 3.8) is 0 Å². The van der Waals surface area contributed by atoms with Gasteiger partial charge in [-0.05, 0) is 23.6 Å². The summed E-state index contributed by atoms with van der Waals surface area (Å²) in [4.78, 5) is 24.5. The third-order valence-corrected chi connectivity index (χ3v) is 6.14. The van der Waals surface area contributed by atoms with E-state index in [0.29, 0.717) is 31.3 Å². The minimum atomic E-state index is -4.05. The van der Waals surface area contributed by atoms with Gasteiger partial charge >= 0.3 is 5.97 Å². The lowest BCUT2D eigenvalue weighted by Gasteiger charge is -2.22. The van der Waals surface area contributed by atoms with Crippen LogP contribution in [0.2, 0.25) is 0 Å². The summed E-state index contributed by atoms with van der Waals surface area (Å²) in [6, 6.07) is 12.3. The van der Waals surface area contributed by atoms with Crippen molar-refractivity contribution in [3.05, 3.63) is 54.1 Å². The van der Waals surface area contributed by atoms with Crippen LogP contribution >= 0.6 is 0 Å². The summed E-state index contributed by atoms with van der Waals surface area (Å²) in [5.74, 6) is -0.966. The van der Waals surface area contributed by atoms with Crippen LogP contribution in [0.4, 0.5) is 0 Å². The summed E-state index contributed by atoms with van der Waals surface area (Å²) in [7, 11) is -4.05. The molecule has 32 heavy (non-hydrogen) atoms. The lowest BCUT2D eigenvalue weighted by Crippen LogP contribution is -2.46. The Morgan fingerprint density at radius 1 is 1.03 bits per heavy atom. The fourth-order valence-electron chi connectivity index (χ4n) is 2.96. The van der Waals surface area contributed by atoms with Crippen LogP contribution in [0.15, 0.2) is 53.4 Å². The van der Waals surface area contributed by atoms with E-state index in [4.69, 9.17) is 14.2 Å². The highest BCUT2D eigenvalue weighted by Crippen LogP contribution is 2.32. The van der Waals surface area contributed by atoms with E-state index in [0.717, 1.165) is 5.56 Å². The Bertz CT molecular complexity index is 1060. The second-order valence-corrected chi connectivity index (χ2v) is 9.23. The Labute approximate surface area is 187 Å². The van der Waals surface area contributed by atoms with E-state index < -0.39 is 40.5 Å². The van der Waals surface area contributed by atoms with E-state index in [1.54, 1.807) is 13.8 Å². The number of amides is 1. The summed E-state index contributed by atoms with van der Waals surface area (Å²) in [6.07, 6.45) is 0. The van der Waals surface area contributed by atoms with Crippen molar-refractivity contribution in [2.75, 3.05) is 19.8 Å². The Kier molecular flexibility index (Phi) is 7.70. The van der Waals surface area contributed by atoms with Gasteiger partial charge in [0.05, 0.1) is 4.90 Å². The van der Waals surface area contributed by atoms with Crippen LogP contribution in [0.25, 0.3) is 0 Å². The van der Waals surface area contributed by atoms with Gasteiger partial charge in [-0.2, -0.15) is 4.72 Å². The molecule has 2 aromatic rings. The summed E-state index contributed by atoms with van der Waals surface area (Å²) in [6.45, 7) is 3.83. The molecule has 1 heterocycles. The molecule has 0 aliphatic carbocycles. The second-order valence-electron chi connectivity index (χ2n) is 7.52. The van der Waals surface area contributed by atoms with Gasteiger partial charge in [-0.25, -0.2) is 8.42 Å². The first-order chi connectivity index (χ1) is 15.3. The van der Waals surface area contributed by atoms with Gasteiger partial charge in [-0.15, -0.1) is 0 Å². The zero-order chi connectivity index (χ0) is 23.1. The first kappa shape index (κ1) is 23.6. The summed E-state index contributed by atoms with van der Waals surface area (Å²) in [5, 5.41) is 2.64. The number of fused-ring (bicyclic) bond motifs is 1. The van der Waals surface area contributed by atoms with Crippen molar-refractivity contribution in [1.82, 2.24) is 10.0 Å². The first-order valence-electron chi connectivity index (χ1n) is 10.2. The smallest absolute Gasteiger partial charge is 0.324 e. The molecule has 0 radical (unpaired) electrons. The Morgan fingerprint density at radius 2 is 1.72 bits per heavy atom. The molecule has 1 aliphatic heterocycles. The number of carbonyl (C=O) groups excluding carboxylic acids is 2. The molecule has 1 amide bonds. The van der Waals surface area contributed by atoms with Gasteiger partial charge in [0.2, 0.25) is 10.0 Å². The molecular formula is C22H26N2O7S. The van der Waals surface area contributed by atoms with Crippen molar-refractivity contribution in [1.29, 1.82) is 0 Å². The molecule has 3 rings (SSSR count). The average Bonchev–Trinajstić information content (AvgIpc) is 2.79. The van der Waals surface area contributed by atoms with E-state index in [9.17, 15) is 18.0 Å². The summed E-state index contributed by atoms with van der Waals surface area (Å²) in [5.41, 5.74) is 0.902. The molecule has 0 fully saturated rings. The fraction of sp³-hybridized carbons (Fsp3) is 0.364. The number of hydrogen-bond acceptors (Lipinski definition) is 7. The molecule has 172 valence electrons. The predicted octanol–water partition coefficient (Wildman–Crippen LogP) is 1.62. The van der Waals surface area contributed by atoms with Crippen LogP contribution < -0.4 is 19.5 Å². The third kappa shape index (κ3) is 6.21. The van der Waals surface area contributed by atoms with Gasteiger partial charge in [0.25, 0.3) is 5.91 Å². The zero-order valence-electron chi connectivity index (χ0n) is 17.9. The van der Waals surface area contributed by atoms with E-state index >= 15 is 0 Å². The molecular weight excluding hydrogens is 436 g/mol. The van der Waals surface area contributed by atoms with E-state index in [2.05, 4.69) is 10.0 Å². The van der Waals surface area contributed by atoms with Crippen LogP contribution in [0.5, 0.6) is 11.5 Å². The molecule has 0 saturated carbocycles. The van der Waals surface area contributed by atoms with Gasteiger partial charge in [-0.1, -0.05) is 44.2 Å². The van der Waals surface area contributed by atoms with E-state index in [1.807, 2.05) is 30.3 Å². The second kappa shape index (κ2) is 10.5. The van der Waals surface area contributed by atoms with Crippen molar-refractivity contribution < 1.29 is 32.2 Å². The molecule has 2 aromatic carbocycles. The van der Waals surface area contributed by atoms with Gasteiger partial charge in [-0.3, -0.25) is 9.59 Å². The standard InChI is InChI=1S/C22H26N2O7S/c1-15(2)21(22(26)31-14-20(25)23-13-16-6-4-3-5-7-16)24-32(27,28)17-8-9-18-19(12-17)30-11-10-29-18/h3-9,12,15,21,24H,10-11,13-14H2,1-2H3,(H,23,25)/t21-/m0/s1. The van der Waals surface area contributed by atoms with Crippen LogP contribution in [-0.2, 0) is 30.9 Å². The van der Waals surface area contributed by atoms with Gasteiger partial charge in [0.1, 0.15) is 19.3 Å². The number of hydrogen-bond donors (Lipinski definition) is 2. The van der Waals surface area contributed by atoms with Crippen LogP contribution in [-0.4, -0.2) is 46.2 Å². The van der Waals surface area contributed by atoms with Gasteiger partial charge in [0.15, 0.2) is 18.1 Å². The SMILES string of the molecule is CC(C)[C@H](NS(=O)(=O)c1ccc2c(c1)OCCO2)C(=O)OCC(=O)NCc1ccccc1. The van der Waals surface area contributed by atoms with Gasteiger partial charge in [0, 0.05) is 12.6 Å². The molecule has 0 spiro atoms. The van der Waals surface area contributed by atoms with E-state index in [-0.39, 0.29) is 4.90 Å². The topological polar surface area (TPSA) is 120 Å². The van der Waals surface area contributed by atoms with Crippen LogP contribution in [0, 0.1) is 5.92 Å². The molecule has 9 nitrogen and oxygen atoms in total. The van der Waals surface area contributed by atoms with Crippen LogP contribution in [0.3, 0.4) is 0 Å². The third-order valence-electron chi connectivity index (χ3n) is 4.70. The minimum absolute atomic E-state index is 0.0687. The maximum Gasteiger partial charge on any atom is 0.324 e. The fourth-order valence-corrected chi connectivity index (χ4v) is 4.30. The Balaban J connectivity index is 1.59. The summed E-state index contributed by atoms with van der Waals surface area (Å²) >= 11 is 0. The molecule has 1 aliphatic rings. The van der Waals surface area contributed by atoms with Gasteiger partial charge < -0.3 is 19.5 Å². The Morgan fingerprint density at radius 3 is 2.41 bits per heavy atom. The average molecular weight is 463 g/mol. The van der Waals surface area contributed by atoms with E-state index in [1.165, 1.54) is 18.2 Å². The number of carbonyl (C=O) groups is 2. The van der Waals surface area contributed by atoms with Crippen molar-refractivity contribution in [3.8, 4) is 11.5 Å². The maximum absolute atomic E-state index is 12.8. The Hall–Kier alpha value is -3.11. The lowest BCUT2D eigenvalue weighted by atomic mass is 10.1. The molecule has 0 bridgehead atoms. The number of esters is 1. The maximum atomic E-state index is 12.8. The first-order valence-corrected chi connectivity index (χ1v) is 11.6. The zero-order valence-corrected chi connectivity index (χ0v) is 18.7. The van der Waals surface area contributed by atoms with Crippen LogP contribution in [0.1, 0.15) is 19.4 Å². The van der Waals surface area contributed by atoms with Crippen molar-refractivity contribution in [2.24, 2.45) is 5.92 Å².